The molecule has 1 amide bonds. The zero-order valence-corrected chi connectivity index (χ0v) is 21.9. The number of aliphatic hydroxyl groups is 1. The highest BCUT2D eigenvalue weighted by Crippen LogP contribution is 2.42. The molecule has 0 bridgehead atoms. The summed E-state index contributed by atoms with van der Waals surface area (Å²) in [6.45, 7) is 12.4. The number of phenolic OH excluding ortho intramolecular Hbond substituents is 1. The van der Waals surface area contributed by atoms with Crippen molar-refractivity contribution in [1.29, 1.82) is 0 Å². The first-order chi connectivity index (χ1) is 17.2. The molecule has 1 heterocycles. The molecule has 1 saturated heterocycles. The largest absolute Gasteiger partial charge is 0.507 e. The second-order valence-corrected chi connectivity index (χ2v) is 8.82. The molecular formula is C28H36N2O6. The number of ketones is 1. The van der Waals surface area contributed by atoms with E-state index in [-0.39, 0.29) is 22.8 Å². The van der Waals surface area contributed by atoms with E-state index in [2.05, 4.69) is 4.90 Å². The number of phenols is 1. The molecule has 8 nitrogen and oxygen atoms in total. The molecule has 0 aliphatic carbocycles. The summed E-state index contributed by atoms with van der Waals surface area (Å²) in [6, 6.07) is 7.48. The van der Waals surface area contributed by atoms with Gasteiger partial charge in [-0.3, -0.25) is 9.59 Å². The summed E-state index contributed by atoms with van der Waals surface area (Å²) in [6.07, 6.45) is 0. The molecule has 0 spiro atoms. The maximum Gasteiger partial charge on any atom is 0.295 e. The third-order valence-corrected chi connectivity index (χ3v) is 6.69. The average molecular weight is 497 g/mol. The minimum atomic E-state index is -0.831. The van der Waals surface area contributed by atoms with Crippen LogP contribution in [0.4, 0.5) is 0 Å². The topological polar surface area (TPSA) is 99.5 Å². The molecule has 0 radical (unpaired) electrons. The Morgan fingerprint density at radius 3 is 2.33 bits per heavy atom. The number of aryl methyl sites for hydroxylation is 2. The lowest BCUT2D eigenvalue weighted by atomic mass is 9.93. The van der Waals surface area contributed by atoms with Crippen molar-refractivity contribution in [3.05, 3.63) is 58.2 Å². The smallest absolute Gasteiger partial charge is 0.295 e. The van der Waals surface area contributed by atoms with Gasteiger partial charge < -0.3 is 29.5 Å². The van der Waals surface area contributed by atoms with Gasteiger partial charge in [-0.05, 0) is 74.8 Å². The van der Waals surface area contributed by atoms with E-state index in [1.807, 2.05) is 27.7 Å². The van der Waals surface area contributed by atoms with E-state index in [4.69, 9.17) is 9.47 Å². The fraction of sp³-hybridized carbons (Fsp3) is 0.429. The second kappa shape index (κ2) is 11.5. The van der Waals surface area contributed by atoms with Gasteiger partial charge in [-0.2, -0.15) is 0 Å². The molecule has 1 atom stereocenters. The van der Waals surface area contributed by atoms with Crippen molar-refractivity contribution >= 4 is 17.4 Å². The number of Topliss-reactive ketones (excluding diaryl/α,β-unsaturated/α-hetero) is 1. The molecule has 8 heteroatoms. The first-order valence-electron chi connectivity index (χ1n) is 12.3. The van der Waals surface area contributed by atoms with Gasteiger partial charge in [0.15, 0.2) is 11.5 Å². The van der Waals surface area contributed by atoms with Gasteiger partial charge in [-0.15, -0.1) is 0 Å². The van der Waals surface area contributed by atoms with Crippen molar-refractivity contribution in [2.75, 3.05) is 39.9 Å². The van der Waals surface area contributed by atoms with Crippen molar-refractivity contribution in [3.63, 3.8) is 0 Å². The summed E-state index contributed by atoms with van der Waals surface area (Å²) in [7, 11) is 1.57. The monoisotopic (exact) mass is 496 g/mol. The maximum absolute atomic E-state index is 13.4. The van der Waals surface area contributed by atoms with E-state index in [9.17, 15) is 19.8 Å². The van der Waals surface area contributed by atoms with Crippen LogP contribution in [0.2, 0.25) is 0 Å². The predicted molar refractivity (Wildman–Crippen MR) is 139 cm³/mol. The van der Waals surface area contributed by atoms with E-state index in [1.165, 1.54) is 11.0 Å². The van der Waals surface area contributed by atoms with Gasteiger partial charge in [0, 0.05) is 18.7 Å². The van der Waals surface area contributed by atoms with E-state index < -0.39 is 17.7 Å². The average Bonchev–Trinajstić information content (AvgIpc) is 3.11. The summed E-state index contributed by atoms with van der Waals surface area (Å²) in [4.78, 5) is 30.3. The first-order valence-corrected chi connectivity index (χ1v) is 12.3. The van der Waals surface area contributed by atoms with Gasteiger partial charge in [0.2, 0.25) is 0 Å². The number of benzene rings is 2. The molecule has 1 unspecified atom stereocenters. The van der Waals surface area contributed by atoms with Gasteiger partial charge in [0.25, 0.3) is 11.7 Å². The van der Waals surface area contributed by atoms with Crippen molar-refractivity contribution in [2.24, 2.45) is 0 Å². The van der Waals surface area contributed by atoms with Crippen molar-refractivity contribution in [2.45, 2.75) is 40.7 Å². The third kappa shape index (κ3) is 5.18. The van der Waals surface area contributed by atoms with Crippen LogP contribution >= 0.6 is 0 Å². The minimum Gasteiger partial charge on any atom is -0.507 e. The van der Waals surface area contributed by atoms with Crippen LogP contribution in [0.1, 0.15) is 49.1 Å². The minimum absolute atomic E-state index is 0.0142. The summed E-state index contributed by atoms with van der Waals surface area (Å²) in [5.41, 5.74) is 2.55. The van der Waals surface area contributed by atoms with E-state index >= 15 is 0 Å². The molecular weight excluding hydrogens is 460 g/mol. The third-order valence-electron chi connectivity index (χ3n) is 6.69. The number of hydrogen-bond acceptors (Lipinski definition) is 7. The number of aliphatic hydroxyl groups excluding tert-OH is 1. The van der Waals surface area contributed by atoms with Crippen LogP contribution < -0.4 is 9.47 Å². The predicted octanol–water partition coefficient (Wildman–Crippen LogP) is 4.18. The fourth-order valence-electron chi connectivity index (χ4n) is 4.63. The first kappa shape index (κ1) is 27.1. The van der Waals surface area contributed by atoms with Crippen molar-refractivity contribution in [3.8, 4) is 17.2 Å². The summed E-state index contributed by atoms with van der Waals surface area (Å²) in [5, 5.41) is 21.7. The Kier molecular flexibility index (Phi) is 8.63. The number of ether oxygens (including phenoxy) is 2. The van der Waals surface area contributed by atoms with Crippen LogP contribution in [-0.4, -0.2) is 71.6 Å². The molecule has 1 aliphatic heterocycles. The van der Waals surface area contributed by atoms with Crippen LogP contribution in [0.25, 0.3) is 5.76 Å². The number of methoxy groups -OCH3 is 1. The van der Waals surface area contributed by atoms with E-state index in [0.717, 1.165) is 18.7 Å². The quantitative estimate of drug-likeness (QED) is 0.289. The van der Waals surface area contributed by atoms with Crippen molar-refractivity contribution in [1.82, 2.24) is 9.80 Å². The van der Waals surface area contributed by atoms with Gasteiger partial charge in [0.05, 0.1) is 25.3 Å². The molecule has 36 heavy (non-hydrogen) atoms. The number of nitrogens with zero attached hydrogens (tertiary/aromatic N) is 2. The highest BCUT2D eigenvalue weighted by Gasteiger charge is 2.46. The van der Waals surface area contributed by atoms with Crippen LogP contribution in [0.5, 0.6) is 17.2 Å². The molecule has 1 fully saturated rings. The Bertz CT molecular complexity index is 1170. The lowest BCUT2D eigenvalue weighted by Crippen LogP contribution is -2.38. The molecule has 3 rings (SSSR count). The molecule has 2 N–H and O–H groups in total. The van der Waals surface area contributed by atoms with Crippen LogP contribution in [-0.2, 0) is 9.59 Å². The molecule has 1 aliphatic rings. The number of rotatable bonds is 10. The number of likely N-dealkylation sites (N-methyl/N-ethyl adjacent to an activating group) is 1. The number of aromatic hydroxyl groups is 1. The van der Waals surface area contributed by atoms with Gasteiger partial charge >= 0.3 is 0 Å². The van der Waals surface area contributed by atoms with Gasteiger partial charge in [0.1, 0.15) is 11.5 Å². The summed E-state index contributed by atoms with van der Waals surface area (Å²) in [5.74, 6) is -0.764. The summed E-state index contributed by atoms with van der Waals surface area (Å²) < 4.78 is 10.9. The summed E-state index contributed by atoms with van der Waals surface area (Å²) >= 11 is 0. The lowest BCUT2D eigenvalue weighted by molar-refractivity contribution is -0.140. The van der Waals surface area contributed by atoms with E-state index in [1.54, 1.807) is 38.3 Å². The molecule has 2 aromatic carbocycles. The maximum atomic E-state index is 13.4. The van der Waals surface area contributed by atoms with Crippen molar-refractivity contribution < 1.29 is 29.3 Å². The molecule has 0 saturated carbocycles. The Labute approximate surface area is 212 Å². The zero-order valence-electron chi connectivity index (χ0n) is 21.9. The second-order valence-electron chi connectivity index (χ2n) is 8.82. The SMILES string of the molecule is CCOc1cc(C2/C(=C(\O)c3cc(C)c(OC)cc3C)C(=O)C(=O)N2CCN(CC)CC)ccc1O. The Balaban J connectivity index is 2.20. The standard InChI is InChI=1S/C28H36N2O6/c1-7-29(8-2)12-13-30-25(19-10-11-21(31)23(16-19)36-9-3)24(27(33)28(30)34)26(32)20-14-18(5)22(35-6)15-17(20)4/h10-11,14-16,25,31-32H,7-9,12-13H2,1-6H3/b26-24+. The number of likely N-dealkylation sites (tertiary alicyclic amines) is 1. The molecule has 0 aromatic heterocycles. The highest BCUT2D eigenvalue weighted by atomic mass is 16.5. The Hall–Kier alpha value is -3.52. The molecule has 2 aromatic rings. The number of carbonyl (C=O) groups excluding carboxylic acids is 2. The normalized spacial score (nSPS) is 17.2. The zero-order chi connectivity index (χ0) is 26.6. The highest BCUT2D eigenvalue weighted by molar-refractivity contribution is 6.46. The van der Waals surface area contributed by atoms with Crippen LogP contribution in [0.15, 0.2) is 35.9 Å². The Morgan fingerprint density at radius 1 is 1.03 bits per heavy atom. The lowest BCUT2D eigenvalue weighted by Gasteiger charge is -2.28. The molecule has 194 valence electrons. The fourth-order valence-corrected chi connectivity index (χ4v) is 4.63. The number of hydrogen-bond donors (Lipinski definition) is 2. The van der Waals surface area contributed by atoms with Gasteiger partial charge in [-0.25, -0.2) is 0 Å². The van der Waals surface area contributed by atoms with Gasteiger partial charge in [-0.1, -0.05) is 19.9 Å². The van der Waals surface area contributed by atoms with Crippen LogP contribution in [0.3, 0.4) is 0 Å². The Morgan fingerprint density at radius 2 is 1.72 bits per heavy atom. The van der Waals surface area contributed by atoms with Crippen LogP contribution in [0, 0.1) is 13.8 Å². The van der Waals surface area contributed by atoms with E-state index in [0.29, 0.717) is 42.1 Å². The number of carbonyl (C=O) groups is 2. The number of amides is 1.